The van der Waals surface area contributed by atoms with Crippen molar-refractivity contribution in [3.05, 3.63) is 36.0 Å². The van der Waals surface area contributed by atoms with E-state index in [1.54, 1.807) is 6.20 Å². The van der Waals surface area contributed by atoms with Gasteiger partial charge in [-0.3, -0.25) is 0 Å². The Labute approximate surface area is 101 Å². The third-order valence-corrected chi connectivity index (χ3v) is 3.15. The number of nitrogens with zero attached hydrogens (tertiary/aromatic N) is 2. The van der Waals surface area contributed by atoms with E-state index in [0.717, 1.165) is 17.7 Å². The van der Waals surface area contributed by atoms with E-state index in [0.29, 0.717) is 11.9 Å². The monoisotopic (exact) mass is 230 g/mol. The first-order valence-electron chi connectivity index (χ1n) is 5.82. The van der Waals surface area contributed by atoms with Crippen LogP contribution in [0.15, 0.2) is 30.5 Å². The lowest BCUT2D eigenvalue weighted by Crippen LogP contribution is -2.09. The van der Waals surface area contributed by atoms with Crippen molar-refractivity contribution in [3.8, 4) is 11.3 Å². The molecule has 2 aromatic rings. The zero-order valence-electron chi connectivity index (χ0n) is 10.2. The SMILES string of the molecule is CCC(C)c1ccc(-c2cn(N)c(N)n2)cc1. The third-order valence-electron chi connectivity index (χ3n) is 3.15. The zero-order valence-corrected chi connectivity index (χ0v) is 10.2. The van der Waals surface area contributed by atoms with Gasteiger partial charge in [0.25, 0.3) is 0 Å². The maximum Gasteiger partial charge on any atom is 0.219 e. The van der Waals surface area contributed by atoms with Gasteiger partial charge in [0.05, 0.1) is 11.9 Å². The molecule has 90 valence electrons. The van der Waals surface area contributed by atoms with Gasteiger partial charge in [0.1, 0.15) is 0 Å². The zero-order chi connectivity index (χ0) is 12.4. The molecule has 0 aliphatic heterocycles. The predicted octanol–water partition coefficient (Wildman–Crippen LogP) is 2.36. The van der Waals surface area contributed by atoms with Gasteiger partial charge in [0.15, 0.2) is 0 Å². The normalized spacial score (nSPS) is 12.6. The first-order valence-corrected chi connectivity index (χ1v) is 5.82. The molecule has 1 aromatic carbocycles. The Morgan fingerprint density at radius 3 is 2.41 bits per heavy atom. The lowest BCUT2D eigenvalue weighted by atomic mass is 9.97. The van der Waals surface area contributed by atoms with Gasteiger partial charge in [-0.25, -0.2) is 9.66 Å². The molecule has 17 heavy (non-hydrogen) atoms. The highest BCUT2D eigenvalue weighted by Gasteiger charge is 2.07. The van der Waals surface area contributed by atoms with E-state index in [1.165, 1.54) is 10.2 Å². The van der Waals surface area contributed by atoms with E-state index in [4.69, 9.17) is 11.6 Å². The maximum absolute atomic E-state index is 5.61. The molecule has 0 saturated heterocycles. The van der Waals surface area contributed by atoms with Crippen LogP contribution < -0.4 is 11.6 Å². The molecule has 1 unspecified atom stereocenters. The van der Waals surface area contributed by atoms with Gasteiger partial charge in [0, 0.05) is 5.56 Å². The van der Waals surface area contributed by atoms with E-state index < -0.39 is 0 Å². The Morgan fingerprint density at radius 2 is 1.94 bits per heavy atom. The minimum atomic E-state index is 0.325. The predicted molar refractivity (Wildman–Crippen MR) is 70.9 cm³/mol. The maximum atomic E-state index is 5.61. The summed E-state index contributed by atoms with van der Waals surface area (Å²) in [5.74, 6) is 6.52. The lowest BCUT2D eigenvalue weighted by molar-refractivity contribution is 0.734. The van der Waals surface area contributed by atoms with Crippen molar-refractivity contribution >= 4 is 5.95 Å². The van der Waals surface area contributed by atoms with Crippen LogP contribution in [0.5, 0.6) is 0 Å². The number of hydrogen-bond donors (Lipinski definition) is 2. The summed E-state index contributed by atoms with van der Waals surface area (Å²) in [6, 6.07) is 8.39. The smallest absolute Gasteiger partial charge is 0.219 e. The summed E-state index contributed by atoms with van der Waals surface area (Å²) >= 11 is 0. The minimum Gasteiger partial charge on any atom is -0.368 e. The molecule has 2 rings (SSSR count). The van der Waals surface area contributed by atoms with E-state index in [9.17, 15) is 0 Å². The standard InChI is InChI=1S/C13H18N4/c1-3-9(2)10-4-6-11(7-5-10)12-8-17(15)13(14)16-12/h4-9H,3,15H2,1-2H3,(H2,14,16). The van der Waals surface area contributed by atoms with Crippen LogP contribution in [0.3, 0.4) is 0 Å². The molecule has 0 saturated carbocycles. The number of anilines is 1. The highest BCUT2D eigenvalue weighted by atomic mass is 15.3. The molecule has 0 aliphatic carbocycles. The van der Waals surface area contributed by atoms with Crippen molar-refractivity contribution in [2.75, 3.05) is 11.6 Å². The molecular formula is C13H18N4. The molecule has 0 amide bonds. The first kappa shape index (κ1) is 11.5. The summed E-state index contributed by atoms with van der Waals surface area (Å²) in [6.07, 6.45) is 2.87. The number of nitrogens with two attached hydrogens (primary N) is 2. The summed E-state index contributed by atoms with van der Waals surface area (Å²) in [5.41, 5.74) is 8.79. The van der Waals surface area contributed by atoms with Gasteiger partial charge < -0.3 is 11.6 Å². The second kappa shape index (κ2) is 4.49. The Balaban J connectivity index is 2.29. The fourth-order valence-electron chi connectivity index (χ4n) is 1.77. The van der Waals surface area contributed by atoms with Crippen LogP contribution in [0, 0.1) is 0 Å². The minimum absolute atomic E-state index is 0.325. The van der Waals surface area contributed by atoms with Crippen LogP contribution in [0.2, 0.25) is 0 Å². The van der Waals surface area contributed by atoms with Crippen molar-refractivity contribution < 1.29 is 0 Å². The van der Waals surface area contributed by atoms with Gasteiger partial charge in [-0.15, -0.1) is 0 Å². The van der Waals surface area contributed by atoms with E-state index in [-0.39, 0.29) is 0 Å². The molecule has 0 spiro atoms. The van der Waals surface area contributed by atoms with Crippen LogP contribution >= 0.6 is 0 Å². The number of aromatic nitrogens is 2. The topological polar surface area (TPSA) is 69.9 Å². The largest absolute Gasteiger partial charge is 0.368 e. The summed E-state index contributed by atoms with van der Waals surface area (Å²) in [5, 5.41) is 0. The van der Waals surface area contributed by atoms with E-state index >= 15 is 0 Å². The molecule has 4 heteroatoms. The molecule has 0 radical (unpaired) electrons. The fraction of sp³-hybridized carbons (Fsp3) is 0.308. The Bertz CT molecular complexity index is 479. The van der Waals surface area contributed by atoms with Crippen LogP contribution in [-0.4, -0.2) is 9.66 Å². The molecule has 1 aromatic heterocycles. The average Bonchev–Trinajstić information content (AvgIpc) is 2.69. The quantitative estimate of drug-likeness (QED) is 0.795. The van der Waals surface area contributed by atoms with Crippen molar-refractivity contribution in [3.63, 3.8) is 0 Å². The fourth-order valence-corrected chi connectivity index (χ4v) is 1.77. The molecule has 4 nitrogen and oxygen atoms in total. The van der Waals surface area contributed by atoms with Gasteiger partial charge >= 0.3 is 0 Å². The highest BCUT2D eigenvalue weighted by molar-refractivity contribution is 5.60. The van der Waals surface area contributed by atoms with E-state index in [1.807, 2.05) is 0 Å². The van der Waals surface area contributed by atoms with Gasteiger partial charge in [0.2, 0.25) is 5.95 Å². The molecular weight excluding hydrogens is 212 g/mol. The summed E-state index contributed by atoms with van der Waals surface area (Å²) in [7, 11) is 0. The van der Waals surface area contributed by atoms with Crippen LogP contribution in [0.4, 0.5) is 5.95 Å². The van der Waals surface area contributed by atoms with Gasteiger partial charge in [-0.1, -0.05) is 38.1 Å². The van der Waals surface area contributed by atoms with Gasteiger partial charge in [-0.05, 0) is 17.9 Å². The lowest BCUT2D eigenvalue weighted by Gasteiger charge is -2.08. The van der Waals surface area contributed by atoms with Crippen molar-refractivity contribution in [2.45, 2.75) is 26.2 Å². The Kier molecular flexibility index (Phi) is 3.04. The Morgan fingerprint density at radius 1 is 1.29 bits per heavy atom. The number of benzene rings is 1. The summed E-state index contributed by atoms with van der Waals surface area (Å²) in [6.45, 7) is 4.41. The number of rotatable bonds is 3. The first-order chi connectivity index (χ1) is 8.11. The summed E-state index contributed by atoms with van der Waals surface area (Å²) in [4.78, 5) is 4.19. The molecule has 1 heterocycles. The summed E-state index contributed by atoms with van der Waals surface area (Å²) < 4.78 is 1.33. The molecule has 4 N–H and O–H groups in total. The van der Waals surface area contributed by atoms with Gasteiger partial charge in [-0.2, -0.15) is 0 Å². The van der Waals surface area contributed by atoms with Crippen molar-refractivity contribution in [1.82, 2.24) is 9.66 Å². The molecule has 1 atom stereocenters. The van der Waals surface area contributed by atoms with Crippen LogP contribution in [0.1, 0.15) is 31.7 Å². The number of nitrogen functional groups attached to an aromatic ring is 2. The molecule has 0 aliphatic rings. The average molecular weight is 230 g/mol. The van der Waals surface area contributed by atoms with Crippen LogP contribution in [-0.2, 0) is 0 Å². The molecule has 0 bridgehead atoms. The molecule has 0 fully saturated rings. The number of hydrogen-bond acceptors (Lipinski definition) is 3. The third kappa shape index (κ3) is 2.25. The second-order valence-electron chi connectivity index (χ2n) is 4.32. The highest BCUT2D eigenvalue weighted by Crippen LogP contribution is 2.23. The van der Waals surface area contributed by atoms with Crippen LogP contribution in [0.25, 0.3) is 11.3 Å². The van der Waals surface area contributed by atoms with E-state index in [2.05, 4.69) is 43.1 Å². The second-order valence-corrected chi connectivity index (χ2v) is 4.32. The Hall–Kier alpha value is -1.97. The number of imidazole rings is 1. The van der Waals surface area contributed by atoms with Crippen molar-refractivity contribution in [2.24, 2.45) is 0 Å². The van der Waals surface area contributed by atoms with Crippen molar-refractivity contribution in [1.29, 1.82) is 0 Å².